The number of halogens is 1. The Morgan fingerprint density at radius 2 is 2.05 bits per heavy atom. The Bertz CT molecular complexity index is 745. The van der Waals surface area contributed by atoms with Crippen molar-refractivity contribution in [3.8, 4) is 0 Å². The zero-order chi connectivity index (χ0) is 13.9. The average molecular weight is 285 g/mol. The molecule has 0 saturated carbocycles. The number of benzene rings is 1. The topological polar surface area (TPSA) is 63.8 Å². The van der Waals surface area contributed by atoms with Crippen LogP contribution in [0.15, 0.2) is 55.0 Å². The summed E-state index contributed by atoms with van der Waals surface area (Å²) in [6.07, 6.45) is 5.09. The van der Waals surface area contributed by atoms with E-state index < -0.39 is 0 Å². The molecule has 20 heavy (non-hydrogen) atoms. The number of hydrogen-bond acceptors (Lipinski definition) is 4. The summed E-state index contributed by atoms with van der Waals surface area (Å²) in [6.45, 7) is 0. The molecule has 5 heteroatoms. The van der Waals surface area contributed by atoms with Crippen LogP contribution in [0.3, 0.4) is 0 Å². The highest BCUT2D eigenvalue weighted by Gasteiger charge is 2.16. The lowest BCUT2D eigenvalue weighted by molar-refractivity contribution is 0.637. The molecular weight excluding hydrogens is 272 g/mol. The number of nitrogens with two attached hydrogens (primary N) is 1. The third-order valence-electron chi connectivity index (χ3n) is 3.24. The summed E-state index contributed by atoms with van der Waals surface area (Å²) < 4.78 is 0. The maximum atomic E-state index is 6.19. The summed E-state index contributed by atoms with van der Waals surface area (Å²) in [6, 6.07) is 11.7. The molecular formula is C15H13ClN4. The maximum Gasteiger partial charge on any atom is 0.0726 e. The molecule has 3 aromatic rings. The lowest BCUT2D eigenvalue weighted by atomic mass is 9.99. The van der Waals surface area contributed by atoms with Crippen LogP contribution < -0.4 is 11.3 Å². The first-order valence-electron chi connectivity index (χ1n) is 6.20. The van der Waals surface area contributed by atoms with Crippen molar-refractivity contribution in [2.24, 2.45) is 5.84 Å². The number of fused-ring (bicyclic) bond motifs is 1. The Labute approximate surface area is 121 Å². The van der Waals surface area contributed by atoms with Gasteiger partial charge in [0, 0.05) is 24.0 Å². The number of hydrazine groups is 1. The third kappa shape index (κ3) is 2.36. The van der Waals surface area contributed by atoms with Gasteiger partial charge in [0.05, 0.1) is 16.6 Å². The molecule has 0 saturated heterocycles. The van der Waals surface area contributed by atoms with E-state index in [4.69, 9.17) is 17.4 Å². The van der Waals surface area contributed by atoms with Gasteiger partial charge in [0.1, 0.15) is 0 Å². The minimum atomic E-state index is -0.197. The summed E-state index contributed by atoms with van der Waals surface area (Å²) in [4.78, 5) is 8.35. The van der Waals surface area contributed by atoms with Gasteiger partial charge >= 0.3 is 0 Å². The van der Waals surface area contributed by atoms with Gasteiger partial charge in [-0.15, -0.1) is 0 Å². The lowest BCUT2D eigenvalue weighted by Crippen LogP contribution is -2.29. The molecule has 0 bridgehead atoms. The highest BCUT2D eigenvalue weighted by molar-refractivity contribution is 6.31. The molecule has 0 radical (unpaired) electrons. The molecule has 0 aliphatic heterocycles. The average Bonchev–Trinajstić information content (AvgIpc) is 2.50. The van der Waals surface area contributed by atoms with Crippen molar-refractivity contribution in [3.63, 3.8) is 0 Å². The van der Waals surface area contributed by atoms with Crippen molar-refractivity contribution in [3.05, 3.63) is 71.1 Å². The number of hydrogen-bond donors (Lipinski definition) is 2. The molecule has 0 fully saturated rings. The van der Waals surface area contributed by atoms with E-state index in [9.17, 15) is 0 Å². The fourth-order valence-electron chi connectivity index (χ4n) is 2.25. The van der Waals surface area contributed by atoms with E-state index in [2.05, 4.69) is 15.4 Å². The van der Waals surface area contributed by atoms with Crippen molar-refractivity contribution in [1.82, 2.24) is 15.4 Å². The molecule has 3 N–H and O–H groups in total. The van der Waals surface area contributed by atoms with E-state index in [0.29, 0.717) is 5.02 Å². The largest absolute Gasteiger partial charge is 0.271 e. The van der Waals surface area contributed by atoms with Gasteiger partial charge in [-0.05, 0) is 29.3 Å². The zero-order valence-electron chi connectivity index (χ0n) is 10.6. The summed E-state index contributed by atoms with van der Waals surface area (Å²) in [5.74, 6) is 5.70. The molecule has 2 heterocycles. The summed E-state index contributed by atoms with van der Waals surface area (Å²) in [5.41, 5.74) is 5.62. The van der Waals surface area contributed by atoms with E-state index in [1.165, 1.54) is 0 Å². The smallest absolute Gasteiger partial charge is 0.0726 e. The second kappa shape index (κ2) is 5.54. The van der Waals surface area contributed by atoms with Gasteiger partial charge in [-0.25, -0.2) is 5.43 Å². The first-order valence-corrected chi connectivity index (χ1v) is 6.57. The van der Waals surface area contributed by atoms with Crippen LogP contribution in [0.5, 0.6) is 0 Å². The summed E-state index contributed by atoms with van der Waals surface area (Å²) >= 11 is 6.19. The quantitative estimate of drug-likeness (QED) is 0.573. The number of pyridine rings is 2. The first-order chi connectivity index (χ1) is 9.79. The van der Waals surface area contributed by atoms with Crippen LogP contribution in [0, 0.1) is 0 Å². The second-order valence-corrected chi connectivity index (χ2v) is 4.86. The maximum absolute atomic E-state index is 6.19. The molecule has 0 aliphatic carbocycles. The predicted molar refractivity (Wildman–Crippen MR) is 80.2 cm³/mol. The predicted octanol–water partition coefficient (Wildman–Crippen LogP) is 2.84. The van der Waals surface area contributed by atoms with Gasteiger partial charge in [-0.1, -0.05) is 29.8 Å². The van der Waals surface area contributed by atoms with E-state index in [-0.39, 0.29) is 6.04 Å². The van der Waals surface area contributed by atoms with Gasteiger partial charge in [0.15, 0.2) is 0 Å². The van der Waals surface area contributed by atoms with Crippen molar-refractivity contribution >= 4 is 22.5 Å². The zero-order valence-corrected chi connectivity index (χ0v) is 11.4. The highest BCUT2D eigenvalue weighted by atomic mass is 35.5. The third-order valence-corrected chi connectivity index (χ3v) is 3.56. The Kier molecular flexibility index (Phi) is 3.60. The summed E-state index contributed by atoms with van der Waals surface area (Å²) in [7, 11) is 0. The van der Waals surface area contributed by atoms with Crippen LogP contribution in [-0.2, 0) is 0 Å². The molecule has 100 valence electrons. The van der Waals surface area contributed by atoms with E-state index in [0.717, 1.165) is 22.0 Å². The van der Waals surface area contributed by atoms with Crippen LogP contribution >= 0.6 is 11.6 Å². The fourth-order valence-corrected chi connectivity index (χ4v) is 2.48. The lowest BCUT2D eigenvalue weighted by Gasteiger charge is -2.18. The second-order valence-electron chi connectivity index (χ2n) is 4.45. The van der Waals surface area contributed by atoms with Gasteiger partial charge in [-0.2, -0.15) is 0 Å². The highest BCUT2D eigenvalue weighted by Crippen LogP contribution is 2.28. The standard InChI is InChI=1S/C15H13ClN4/c16-13-9-18-7-5-12(13)15(20-17)11-4-3-10-2-1-6-19-14(10)8-11/h1-9,15,20H,17H2. The molecule has 4 nitrogen and oxygen atoms in total. The number of nitrogens with zero attached hydrogens (tertiary/aromatic N) is 2. The minimum absolute atomic E-state index is 0.197. The van der Waals surface area contributed by atoms with Crippen LogP contribution in [0.25, 0.3) is 10.9 Å². The van der Waals surface area contributed by atoms with Crippen LogP contribution in [-0.4, -0.2) is 9.97 Å². The van der Waals surface area contributed by atoms with E-state index in [1.807, 2.05) is 36.4 Å². The SMILES string of the molecule is NNC(c1ccc2cccnc2c1)c1ccncc1Cl. The molecule has 1 aromatic carbocycles. The molecule has 1 atom stereocenters. The van der Waals surface area contributed by atoms with Crippen molar-refractivity contribution in [2.45, 2.75) is 6.04 Å². The fraction of sp³-hybridized carbons (Fsp3) is 0.0667. The molecule has 0 aliphatic rings. The summed E-state index contributed by atoms with van der Waals surface area (Å²) in [5, 5.41) is 1.67. The Balaban J connectivity index is 2.10. The monoisotopic (exact) mass is 284 g/mol. The Morgan fingerprint density at radius 1 is 1.15 bits per heavy atom. The van der Waals surface area contributed by atoms with Crippen LogP contribution in [0.1, 0.15) is 17.2 Å². The van der Waals surface area contributed by atoms with Crippen molar-refractivity contribution < 1.29 is 0 Å². The Morgan fingerprint density at radius 3 is 2.85 bits per heavy atom. The Hall–Kier alpha value is -2.01. The van der Waals surface area contributed by atoms with Gasteiger partial charge in [0.25, 0.3) is 0 Å². The van der Waals surface area contributed by atoms with Crippen molar-refractivity contribution in [1.29, 1.82) is 0 Å². The van der Waals surface area contributed by atoms with E-state index in [1.54, 1.807) is 18.6 Å². The number of rotatable bonds is 3. The molecule has 0 amide bonds. The molecule has 0 spiro atoms. The minimum Gasteiger partial charge on any atom is -0.271 e. The van der Waals surface area contributed by atoms with Crippen molar-refractivity contribution in [2.75, 3.05) is 0 Å². The van der Waals surface area contributed by atoms with Crippen LogP contribution in [0.2, 0.25) is 5.02 Å². The molecule has 2 aromatic heterocycles. The normalized spacial score (nSPS) is 12.5. The number of nitrogens with one attached hydrogen (secondary N) is 1. The van der Waals surface area contributed by atoms with Crippen LogP contribution in [0.4, 0.5) is 0 Å². The van der Waals surface area contributed by atoms with Gasteiger partial charge in [0.2, 0.25) is 0 Å². The van der Waals surface area contributed by atoms with E-state index >= 15 is 0 Å². The first kappa shape index (κ1) is 13.0. The van der Waals surface area contributed by atoms with Gasteiger partial charge in [-0.3, -0.25) is 15.8 Å². The molecule has 3 rings (SSSR count). The van der Waals surface area contributed by atoms with Gasteiger partial charge < -0.3 is 0 Å². The molecule has 1 unspecified atom stereocenters. The number of aromatic nitrogens is 2.